The Balaban J connectivity index is 2.73. The molecule has 0 saturated heterocycles. The standard InChI is InChI=1S/C27H49P/c1-4-7-10-13-16-19-24-22-23-27(28)26(21-18-15-12-9-6-3)25(24)20-17-14-11-8-5-2/h22-23H,4-21,28H2,1-3H3. The van der Waals surface area contributed by atoms with Crippen LogP contribution in [-0.2, 0) is 19.3 Å². The Morgan fingerprint density at radius 1 is 0.500 bits per heavy atom. The SMILES string of the molecule is CCCCCCCc1ccc(P)c(CCCCCCC)c1CCCCCCC. The molecule has 1 rings (SSSR count). The Kier molecular flexibility index (Phi) is 16.1. The summed E-state index contributed by atoms with van der Waals surface area (Å²) in [6.07, 6.45) is 24.7. The second-order valence-corrected chi connectivity index (χ2v) is 9.39. The number of benzene rings is 1. The molecule has 0 radical (unpaired) electrons. The highest BCUT2D eigenvalue weighted by atomic mass is 31.0. The van der Waals surface area contributed by atoms with E-state index in [2.05, 4.69) is 42.1 Å². The lowest BCUT2D eigenvalue weighted by Crippen LogP contribution is -2.11. The van der Waals surface area contributed by atoms with Crippen LogP contribution in [0.5, 0.6) is 0 Å². The lowest BCUT2D eigenvalue weighted by Gasteiger charge is -2.18. The first-order valence-corrected chi connectivity index (χ1v) is 13.2. The van der Waals surface area contributed by atoms with Crippen LogP contribution in [-0.4, -0.2) is 0 Å². The Morgan fingerprint density at radius 2 is 0.929 bits per heavy atom. The zero-order valence-electron chi connectivity index (χ0n) is 19.5. The smallest absolute Gasteiger partial charge is 0.0268 e. The van der Waals surface area contributed by atoms with E-state index < -0.39 is 0 Å². The number of unbranched alkanes of at least 4 members (excludes halogenated alkanes) is 12. The zero-order valence-corrected chi connectivity index (χ0v) is 20.6. The van der Waals surface area contributed by atoms with E-state index in [1.807, 2.05) is 0 Å². The van der Waals surface area contributed by atoms with Crippen LogP contribution < -0.4 is 5.30 Å². The third-order valence-corrected chi connectivity index (χ3v) is 6.72. The molecule has 0 fully saturated rings. The van der Waals surface area contributed by atoms with Gasteiger partial charge in [-0.2, -0.15) is 0 Å². The van der Waals surface area contributed by atoms with Crippen LogP contribution >= 0.6 is 9.24 Å². The zero-order chi connectivity index (χ0) is 20.5. The van der Waals surface area contributed by atoms with Crippen molar-refractivity contribution in [1.82, 2.24) is 0 Å². The summed E-state index contributed by atoms with van der Waals surface area (Å²) in [6.45, 7) is 6.92. The Hall–Kier alpha value is -0.350. The highest BCUT2D eigenvalue weighted by Gasteiger charge is 2.11. The maximum atomic E-state index is 3.04. The first-order valence-electron chi connectivity index (χ1n) is 12.6. The minimum absolute atomic E-state index is 1.29. The minimum atomic E-state index is 1.29. The topological polar surface area (TPSA) is 0 Å². The summed E-state index contributed by atoms with van der Waals surface area (Å²) in [4.78, 5) is 0. The molecule has 0 aliphatic rings. The molecule has 0 N–H and O–H groups in total. The van der Waals surface area contributed by atoms with Gasteiger partial charge in [0.25, 0.3) is 0 Å². The molecule has 1 aromatic rings. The van der Waals surface area contributed by atoms with Gasteiger partial charge in [0.2, 0.25) is 0 Å². The van der Waals surface area contributed by atoms with Gasteiger partial charge in [-0.3, -0.25) is 0 Å². The highest BCUT2D eigenvalue weighted by Crippen LogP contribution is 2.23. The molecule has 0 nitrogen and oxygen atoms in total. The third-order valence-electron chi connectivity index (χ3n) is 6.17. The lowest BCUT2D eigenvalue weighted by atomic mass is 9.90. The van der Waals surface area contributed by atoms with E-state index in [-0.39, 0.29) is 0 Å². The molecule has 1 heteroatoms. The summed E-state index contributed by atoms with van der Waals surface area (Å²) in [5, 5.41) is 1.47. The molecule has 0 aliphatic carbocycles. The average Bonchev–Trinajstić information content (AvgIpc) is 2.70. The largest absolute Gasteiger partial charge is 0.105 e. The number of hydrogen-bond acceptors (Lipinski definition) is 0. The van der Waals surface area contributed by atoms with Crippen molar-refractivity contribution < 1.29 is 0 Å². The third kappa shape index (κ3) is 11.0. The second kappa shape index (κ2) is 17.5. The fourth-order valence-electron chi connectivity index (χ4n) is 4.33. The van der Waals surface area contributed by atoms with Gasteiger partial charge >= 0.3 is 0 Å². The monoisotopic (exact) mass is 404 g/mol. The van der Waals surface area contributed by atoms with Crippen LogP contribution in [0.1, 0.15) is 134 Å². The molecule has 1 unspecified atom stereocenters. The van der Waals surface area contributed by atoms with Crippen molar-refractivity contribution in [2.24, 2.45) is 0 Å². The molecule has 0 bridgehead atoms. The van der Waals surface area contributed by atoms with Gasteiger partial charge in [0, 0.05) is 0 Å². The average molecular weight is 405 g/mol. The van der Waals surface area contributed by atoms with Crippen LogP contribution in [0.15, 0.2) is 12.1 Å². The molecule has 0 aliphatic heterocycles. The first kappa shape index (κ1) is 25.7. The van der Waals surface area contributed by atoms with Crippen molar-refractivity contribution >= 4 is 14.5 Å². The molecule has 0 spiro atoms. The first-order chi connectivity index (χ1) is 13.7. The highest BCUT2D eigenvalue weighted by molar-refractivity contribution is 7.27. The van der Waals surface area contributed by atoms with E-state index in [0.29, 0.717) is 0 Å². The van der Waals surface area contributed by atoms with Gasteiger partial charge in [-0.1, -0.05) is 110 Å². The van der Waals surface area contributed by atoms with Gasteiger partial charge < -0.3 is 0 Å². The van der Waals surface area contributed by atoms with E-state index in [1.165, 1.54) is 121 Å². The van der Waals surface area contributed by atoms with Crippen molar-refractivity contribution in [3.8, 4) is 0 Å². The Bertz CT molecular complexity index is 491. The van der Waals surface area contributed by atoms with Crippen molar-refractivity contribution in [3.05, 3.63) is 28.8 Å². The molecule has 0 amide bonds. The van der Waals surface area contributed by atoms with E-state index in [1.54, 1.807) is 16.7 Å². The number of aryl methyl sites for hydroxylation is 1. The Morgan fingerprint density at radius 3 is 1.43 bits per heavy atom. The van der Waals surface area contributed by atoms with Gasteiger partial charge in [0.15, 0.2) is 0 Å². The van der Waals surface area contributed by atoms with E-state index in [0.717, 1.165) is 0 Å². The molecule has 0 heterocycles. The van der Waals surface area contributed by atoms with E-state index in [9.17, 15) is 0 Å². The van der Waals surface area contributed by atoms with Gasteiger partial charge in [0.05, 0.1) is 0 Å². The maximum Gasteiger partial charge on any atom is -0.0268 e. The van der Waals surface area contributed by atoms with Crippen molar-refractivity contribution in [2.45, 2.75) is 136 Å². The molecular formula is C27H49P. The molecule has 162 valence electrons. The van der Waals surface area contributed by atoms with Crippen LogP contribution in [0.4, 0.5) is 0 Å². The lowest BCUT2D eigenvalue weighted by molar-refractivity contribution is 0.613. The van der Waals surface area contributed by atoms with Crippen LogP contribution in [0.3, 0.4) is 0 Å². The summed E-state index contributed by atoms with van der Waals surface area (Å²) in [5.74, 6) is 0. The van der Waals surface area contributed by atoms with Crippen LogP contribution in [0.2, 0.25) is 0 Å². The molecule has 28 heavy (non-hydrogen) atoms. The Labute approximate surface area is 179 Å². The normalized spacial score (nSPS) is 11.3. The summed E-state index contributed by atoms with van der Waals surface area (Å²) in [6, 6.07) is 4.83. The van der Waals surface area contributed by atoms with Gasteiger partial charge in [-0.25, -0.2) is 0 Å². The van der Waals surface area contributed by atoms with Gasteiger partial charge in [-0.15, -0.1) is 9.24 Å². The quantitative estimate of drug-likeness (QED) is 0.169. The fraction of sp³-hybridized carbons (Fsp3) is 0.778. The summed E-state index contributed by atoms with van der Waals surface area (Å²) in [5.41, 5.74) is 5.08. The van der Waals surface area contributed by atoms with Crippen LogP contribution in [0, 0.1) is 0 Å². The minimum Gasteiger partial charge on any atom is -0.105 e. The van der Waals surface area contributed by atoms with E-state index >= 15 is 0 Å². The van der Waals surface area contributed by atoms with Gasteiger partial charge in [-0.05, 0) is 60.5 Å². The molecule has 1 aromatic carbocycles. The molecular weight excluding hydrogens is 355 g/mol. The molecule has 0 saturated carbocycles. The fourth-order valence-corrected chi connectivity index (χ4v) is 4.74. The summed E-state index contributed by atoms with van der Waals surface area (Å²) >= 11 is 0. The number of rotatable bonds is 18. The van der Waals surface area contributed by atoms with Gasteiger partial charge in [0.1, 0.15) is 0 Å². The summed E-state index contributed by atoms with van der Waals surface area (Å²) in [7, 11) is 3.04. The molecule has 1 atom stereocenters. The van der Waals surface area contributed by atoms with Crippen LogP contribution in [0.25, 0.3) is 0 Å². The van der Waals surface area contributed by atoms with E-state index in [4.69, 9.17) is 0 Å². The number of hydrogen-bond donors (Lipinski definition) is 0. The predicted molar refractivity (Wildman–Crippen MR) is 133 cm³/mol. The van der Waals surface area contributed by atoms with Crippen molar-refractivity contribution in [2.75, 3.05) is 0 Å². The van der Waals surface area contributed by atoms with Crippen molar-refractivity contribution in [1.29, 1.82) is 0 Å². The second-order valence-electron chi connectivity index (χ2n) is 8.76. The van der Waals surface area contributed by atoms with Crippen molar-refractivity contribution in [3.63, 3.8) is 0 Å². The predicted octanol–water partition coefficient (Wildman–Crippen LogP) is 8.73. The summed E-state index contributed by atoms with van der Waals surface area (Å²) < 4.78 is 0. The maximum absolute atomic E-state index is 3.04. The molecule has 0 aromatic heterocycles.